The molecule has 1 fully saturated rings. The van der Waals surface area contributed by atoms with Crippen molar-refractivity contribution in [1.29, 1.82) is 0 Å². The number of halogens is 3. The Kier molecular flexibility index (Phi) is 6.30. The highest BCUT2D eigenvalue weighted by molar-refractivity contribution is 9.10. The zero-order valence-corrected chi connectivity index (χ0v) is 14.0. The van der Waals surface area contributed by atoms with Crippen LogP contribution in [0.4, 0.5) is 8.78 Å². The fourth-order valence-corrected chi connectivity index (χ4v) is 4.33. The molecule has 1 heterocycles. The van der Waals surface area contributed by atoms with Crippen molar-refractivity contribution >= 4 is 27.7 Å². The summed E-state index contributed by atoms with van der Waals surface area (Å²) in [6.07, 6.45) is 3.76. The molecule has 0 amide bonds. The van der Waals surface area contributed by atoms with Crippen LogP contribution in [0.5, 0.6) is 0 Å². The molecule has 1 N–H and O–H groups in total. The van der Waals surface area contributed by atoms with E-state index in [9.17, 15) is 8.78 Å². The first-order valence-electron chi connectivity index (χ1n) is 7.10. The van der Waals surface area contributed by atoms with Crippen LogP contribution in [0, 0.1) is 11.6 Å². The highest BCUT2D eigenvalue weighted by Gasteiger charge is 2.27. The SMILES string of the molecule is CCCNC(Cc1c(F)ccc(Br)c1F)C1CCCS1. The maximum atomic E-state index is 14.1. The zero-order valence-electron chi connectivity index (χ0n) is 11.6. The van der Waals surface area contributed by atoms with Gasteiger partial charge in [-0.25, -0.2) is 8.78 Å². The van der Waals surface area contributed by atoms with Crippen LogP contribution in [-0.2, 0) is 6.42 Å². The minimum Gasteiger partial charge on any atom is -0.313 e. The van der Waals surface area contributed by atoms with Crippen LogP contribution < -0.4 is 5.32 Å². The van der Waals surface area contributed by atoms with Crippen LogP contribution in [-0.4, -0.2) is 23.6 Å². The second-order valence-electron chi connectivity index (χ2n) is 5.14. The van der Waals surface area contributed by atoms with E-state index in [0.717, 1.165) is 25.1 Å². The van der Waals surface area contributed by atoms with Crippen LogP contribution in [0.3, 0.4) is 0 Å². The summed E-state index contributed by atoms with van der Waals surface area (Å²) in [6.45, 7) is 2.99. The lowest BCUT2D eigenvalue weighted by molar-refractivity contribution is 0.458. The van der Waals surface area contributed by atoms with E-state index in [2.05, 4.69) is 28.2 Å². The predicted octanol–water partition coefficient (Wildman–Crippen LogP) is 4.53. The van der Waals surface area contributed by atoms with Gasteiger partial charge >= 0.3 is 0 Å². The summed E-state index contributed by atoms with van der Waals surface area (Å²) in [7, 11) is 0. The van der Waals surface area contributed by atoms with Crippen molar-refractivity contribution < 1.29 is 8.78 Å². The van der Waals surface area contributed by atoms with E-state index in [4.69, 9.17) is 0 Å². The highest BCUT2D eigenvalue weighted by Crippen LogP contribution is 2.31. The average Bonchev–Trinajstić information content (AvgIpc) is 2.96. The summed E-state index contributed by atoms with van der Waals surface area (Å²) < 4.78 is 28.4. The van der Waals surface area contributed by atoms with Gasteiger partial charge in [-0.2, -0.15) is 11.8 Å². The normalized spacial score (nSPS) is 20.3. The van der Waals surface area contributed by atoms with E-state index in [1.807, 2.05) is 11.8 Å². The standard InChI is InChI=1S/C15H20BrF2NS/c1-2-7-19-13(14-4-3-8-20-14)9-10-12(17)6-5-11(16)15(10)18/h5-6,13-14,19H,2-4,7-9H2,1H3. The van der Waals surface area contributed by atoms with Gasteiger partial charge in [0.2, 0.25) is 0 Å². The van der Waals surface area contributed by atoms with Gasteiger partial charge in [0.1, 0.15) is 11.6 Å². The van der Waals surface area contributed by atoms with E-state index in [1.54, 1.807) is 0 Å². The molecule has 1 aromatic carbocycles. The maximum Gasteiger partial charge on any atom is 0.143 e. The van der Waals surface area contributed by atoms with Gasteiger partial charge in [-0.1, -0.05) is 6.92 Å². The van der Waals surface area contributed by atoms with E-state index in [0.29, 0.717) is 16.1 Å². The third-order valence-corrected chi connectivity index (χ3v) is 5.76. The quantitative estimate of drug-likeness (QED) is 0.745. The Morgan fingerprint density at radius 2 is 2.25 bits per heavy atom. The molecule has 1 aromatic rings. The molecule has 20 heavy (non-hydrogen) atoms. The first-order chi connectivity index (χ1) is 9.63. The van der Waals surface area contributed by atoms with E-state index in [-0.39, 0.29) is 11.6 Å². The third-order valence-electron chi connectivity index (χ3n) is 3.63. The Labute approximate surface area is 132 Å². The van der Waals surface area contributed by atoms with Crippen LogP contribution in [0.1, 0.15) is 31.7 Å². The van der Waals surface area contributed by atoms with E-state index >= 15 is 0 Å². The zero-order chi connectivity index (χ0) is 14.5. The van der Waals surface area contributed by atoms with Crippen molar-refractivity contribution in [3.63, 3.8) is 0 Å². The van der Waals surface area contributed by atoms with Gasteiger partial charge < -0.3 is 5.32 Å². The molecule has 5 heteroatoms. The van der Waals surface area contributed by atoms with Crippen molar-refractivity contribution in [1.82, 2.24) is 5.32 Å². The number of thioether (sulfide) groups is 1. The molecule has 0 radical (unpaired) electrons. The fraction of sp³-hybridized carbons (Fsp3) is 0.600. The summed E-state index contributed by atoms with van der Waals surface area (Å²) in [4.78, 5) is 0. The van der Waals surface area contributed by atoms with Crippen LogP contribution in [0.15, 0.2) is 16.6 Å². The van der Waals surface area contributed by atoms with E-state index < -0.39 is 11.6 Å². The Balaban J connectivity index is 2.16. The lowest BCUT2D eigenvalue weighted by Gasteiger charge is -2.25. The molecular formula is C15H20BrF2NS. The lowest BCUT2D eigenvalue weighted by Crippen LogP contribution is -2.40. The minimum absolute atomic E-state index is 0.140. The molecule has 1 aliphatic heterocycles. The smallest absolute Gasteiger partial charge is 0.143 e. The topological polar surface area (TPSA) is 12.0 Å². The molecule has 0 aromatic heterocycles. The number of benzene rings is 1. The van der Waals surface area contributed by atoms with E-state index in [1.165, 1.54) is 18.6 Å². The fourth-order valence-electron chi connectivity index (χ4n) is 2.56. The number of nitrogens with one attached hydrogen (secondary N) is 1. The van der Waals surface area contributed by atoms with Crippen molar-refractivity contribution in [2.45, 2.75) is 43.9 Å². The Hall–Kier alpha value is -0.130. The largest absolute Gasteiger partial charge is 0.313 e. The summed E-state index contributed by atoms with van der Waals surface area (Å²) in [5, 5.41) is 3.92. The third kappa shape index (κ3) is 3.95. The summed E-state index contributed by atoms with van der Waals surface area (Å²) >= 11 is 5.06. The summed E-state index contributed by atoms with van der Waals surface area (Å²) in [5.74, 6) is 0.242. The van der Waals surface area contributed by atoms with Crippen LogP contribution in [0.25, 0.3) is 0 Å². The van der Waals surface area contributed by atoms with Crippen LogP contribution in [0.2, 0.25) is 0 Å². The lowest BCUT2D eigenvalue weighted by atomic mass is 9.99. The molecule has 0 saturated carbocycles. The number of hydrogen-bond acceptors (Lipinski definition) is 2. The second kappa shape index (κ2) is 7.76. The van der Waals surface area contributed by atoms with Gasteiger partial charge in [-0.3, -0.25) is 0 Å². The monoisotopic (exact) mass is 363 g/mol. The Morgan fingerprint density at radius 1 is 1.45 bits per heavy atom. The molecule has 1 nitrogen and oxygen atoms in total. The van der Waals surface area contributed by atoms with Gasteiger partial charge in [-0.15, -0.1) is 0 Å². The molecule has 2 rings (SSSR count). The van der Waals surface area contributed by atoms with Crippen molar-refractivity contribution in [2.75, 3.05) is 12.3 Å². The molecule has 0 spiro atoms. The van der Waals surface area contributed by atoms with Gasteiger partial charge in [0.25, 0.3) is 0 Å². The Bertz CT molecular complexity index is 450. The summed E-state index contributed by atoms with van der Waals surface area (Å²) in [6, 6.07) is 2.90. The van der Waals surface area contributed by atoms with Crippen LogP contribution >= 0.6 is 27.7 Å². The minimum atomic E-state index is -0.462. The molecule has 0 bridgehead atoms. The number of rotatable bonds is 6. The Morgan fingerprint density at radius 3 is 2.90 bits per heavy atom. The highest BCUT2D eigenvalue weighted by atomic mass is 79.9. The van der Waals surface area contributed by atoms with Gasteiger partial charge in [0, 0.05) is 16.9 Å². The van der Waals surface area contributed by atoms with Crippen molar-refractivity contribution in [3.8, 4) is 0 Å². The molecule has 2 atom stereocenters. The van der Waals surface area contributed by atoms with Gasteiger partial charge in [-0.05, 0) is 66.0 Å². The van der Waals surface area contributed by atoms with Crippen molar-refractivity contribution in [3.05, 3.63) is 33.8 Å². The molecular weight excluding hydrogens is 344 g/mol. The average molecular weight is 364 g/mol. The molecule has 1 saturated heterocycles. The second-order valence-corrected chi connectivity index (χ2v) is 7.34. The maximum absolute atomic E-state index is 14.1. The number of hydrogen-bond donors (Lipinski definition) is 1. The predicted molar refractivity (Wildman–Crippen MR) is 85.3 cm³/mol. The summed E-state index contributed by atoms with van der Waals surface area (Å²) in [5.41, 5.74) is 0.195. The molecule has 2 unspecified atom stereocenters. The van der Waals surface area contributed by atoms with Gasteiger partial charge in [0.05, 0.1) is 4.47 Å². The van der Waals surface area contributed by atoms with Crippen molar-refractivity contribution in [2.24, 2.45) is 0 Å². The molecule has 0 aliphatic carbocycles. The molecule has 112 valence electrons. The molecule has 1 aliphatic rings. The first-order valence-corrected chi connectivity index (χ1v) is 8.95. The first kappa shape index (κ1) is 16.2. The van der Waals surface area contributed by atoms with Gasteiger partial charge in [0.15, 0.2) is 0 Å².